The van der Waals surface area contributed by atoms with Crippen molar-refractivity contribution >= 4 is 11.6 Å². The predicted molar refractivity (Wildman–Crippen MR) is 71.9 cm³/mol. The standard InChI is InChI=1S/C15H12F3NO2/c1-2-21-14-8-10(16)3-4-13(14)19-15(20)9-5-11(17)7-12(18)6-9/h3-8H,2H2,1H3,(H,19,20). The summed E-state index contributed by atoms with van der Waals surface area (Å²) in [7, 11) is 0. The Morgan fingerprint density at radius 1 is 1.05 bits per heavy atom. The van der Waals surface area contributed by atoms with Crippen LogP contribution in [0.5, 0.6) is 5.75 Å². The molecule has 0 unspecified atom stereocenters. The Labute approximate surface area is 119 Å². The predicted octanol–water partition coefficient (Wildman–Crippen LogP) is 3.75. The number of nitrogens with one attached hydrogen (secondary N) is 1. The average molecular weight is 295 g/mol. The molecule has 0 radical (unpaired) electrons. The Bertz CT molecular complexity index is 654. The average Bonchev–Trinajstić information content (AvgIpc) is 2.41. The molecule has 0 aliphatic heterocycles. The monoisotopic (exact) mass is 295 g/mol. The molecule has 1 N–H and O–H groups in total. The van der Waals surface area contributed by atoms with Crippen molar-refractivity contribution in [1.29, 1.82) is 0 Å². The largest absolute Gasteiger partial charge is 0.492 e. The normalized spacial score (nSPS) is 10.3. The fraction of sp³-hybridized carbons (Fsp3) is 0.133. The Balaban J connectivity index is 2.26. The Hall–Kier alpha value is -2.50. The van der Waals surface area contributed by atoms with E-state index in [4.69, 9.17) is 4.74 Å². The van der Waals surface area contributed by atoms with Gasteiger partial charge in [-0.15, -0.1) is 0 Å². The summed E-state index contributed by atoms with van der Waals surface area (Å²) < 4.78 is 44.5. The van der Waals surface area contributed by atoms with E-state index in [1.54, 1.807) is 6.92 Å². The van der Waals surface area contributed by atoms with Gasteiger partial charge in [-0.2, -0.15) is 0 Å². The van der Waals surface area contributed by atoms with E-state index in [1.807, 2.05) is 0 Å². The molecule has 0 aliphatic carbocycles. The first-order chi connectivity index (χ1) is 9.99. The summed E-state index contributed by atoms with van der Waals surface area (Å²) in [5, 5.41) is 2.43. The van der Waals surface area contributed by atoms with E-state index in [0.29, 0.717) is 6.07 Å². The molecule has 1 amide bonds. The summed E-state index contributed by atoms with van der Waals surface area (Å²) in [4.78, 5) is 12.0. The first-order valence-electron chi connectivity index (χ1n) is 6.19. The smallest absolute Gasteiger partial charge is 0.255 e. The summed E-state index contributed by atoms with van der Waals surface area (Å²) in [6, 6.07) is 6.05. The molecule has 0 bridgehead atoms. The van der Waals surface area contributed by atoms with Crippen LogP contribution in [0, 0.1) is 17.5 Å². The third-order valence-corrected chi connectivity index (χ3v) is 2.62. The number of benzene rings is 2. The Kier molecular flexibility index (Phi) is 4.47. The number of ether oxygens (including phenoxy) is 1. The summed E-state index contributed by atoms with van der Waals surface area (Å²) in [5.74, 6) is -2.81. The highest BCUT2D eigenvalue weighted by Crippen LogP contribution is 2.26. The fourth-order valence-electron chi connectivity index (χ4n) is 1.75. The van der Waals surface area contributed by atoms with Crippen LogP contribution in [0.15, 0.2) is 36.4 Å². The summed E-state index contributed by atoms with van der Waals surface area (Å²) in [5.41, 5.74) is 0.0344. The molecule has 0 spiro atoms. The number of amides is 1. The lowest BCUT2D eigenvalue weighted by atomic mass is 10.2. The number of rotatable bonds is 4. The molecule has 110 valence electrons. The van der Waals surface area contributed by atoms with Crippen molar-refractivity contribution in [1.82, 2.24) is 0 Å². The van der Waals surface area contributed by atoms with Gasteiger partial charge in [0.15, 0.2) is 0 Å². The van der Waals surface area contributed by atoms with E-state index in [0.717, 1.165) is 24.3 Å². The van der Waals surface area contributed by atoms with Crippen LogP contribution in [-0.2, 0) is 0 Å². The molecule has 0 atom stereocenters. The summed E-state index contributed by atoms with van der Waals surface area (Å²) >= 11 is 0. The second-order valence-electron chi connectivity index (χ2n) is 4.19. The van der Waals surface area contributed by atoms with E-state index < -0.39 is 23.4 Å². The molecule has 0 aliphatic rings. The molecule has 2 aromatic carbocycles. The van der Waals surface area contributed by atoms with Crippen molar-refractivity contribution in [2.75, 3.05) is 11.9 Å². The van der Waals surface area contributed by atoms with Gasteiger partial charge in [-0.1, -0.05) is 0 Å². The second kappa shape index (κ2) is 6.30. The zero-order valence-corrected chi connectivity index (χ0v) is 11.1. The quantitative estimate of drug-likeness (QED) is 0.932. The SMILES string of the molecule is CCOc1cc(F)ccc1NC(=O)c1cc(F)cc(F)c1. The maximum Gasteiger partial charge on any atom is 0.255 e. The van der Waals surface area contributed by atoms with Crippen LogP contribution in [0.4, 0.5) is 18.9 Å². The van der Waals surface area contributed by atoms with Gasteiger partial charge in [0.05, 0.1) is 12.3 Å². The maximum absolute atomic E-state index is 13.1. The van der Waals surface area contributed by atoms with E-state index in [2.05, 4.69) is 5.32 Å². The van der Waals surface area contributed by atoms with Gasteiger partial charge in [-0.25, -0.2) is 13.2 Å². The van der Waals surface area contributed by atoms with Crippen molar-refractivity contribution in [3.63, 3.8) is 0 Å². The third-order valence-electron chi connectivity index (χ3n) is 2.62. The molecule has 3 nitrogen and oxygen atoms in total. The zero-order chi connectivity index (χ0) is 15.4. The van der Waals surface area contributed by atoms with Crippen LogP contribution in [0.25, 0.3) is 0 Å². The number of halogens is 3. The van der Waals surface area contributed by atoms with Gasteiger partial charge in [0.2, 0.25) is 0 Å². The summed E-state index contributed by atoms with van der Waals surface area (Å²) in [6.45, 7) is 1.99. The van der Waals surface area contributed by atoms with Crippen molar-refractivity contribution in [3.8, 4) is 5.75 Å². The van der Waals surface area contributed by atoms with Crippen LogP contribution in [0.2, 0.25) is 0 Å². The van der Waals surface area contributed by atoms with Crippen LogP contribution in [0.3, 0.4) is 0 Å². The van der Waals surface area contributed by atoms with Crippen LogP contribution >= 0.6 is 0 Å². The van der Waals surface area contributed by atoms with Gasteiger partial charge < -0.3 is 10.1 Å². The molecular formula is C15H12F3NO2. The highest BCUT2D eigenvalue weighted by atomic mass is 19.1. The second-order valence-corrected chi connectivity index (χ2v) is 4.19. The van der Waals surface area contributed by atoms with Gasteiger partial charge in [0.25, 0.3) is 5.91 Å². The van der Waals surface area contributed by atoms with Crippen molar-refractivity contribution in [2.24, 2.45) is 0 Å². The van der Waals surface area contributed by atoms with E-state index >= 15 is 0 Å². The minimum Gasteiger partial charge on any atom is -0.492 e. The molecule has 6 heteroatoms. The lowest BCUT2D eigenvalue weighted by molar-refractivity contribution is 0.102. The lowest BCUT2D eigenvalue weighted by Gasteiger charge is -2.11. The van der Waals surface area contributed by atoms with Gasteiger partial charge in [-0.3, -0.25) is 4.79 Å². The van der Waals surface area contributed by atoms with Crippen molar-refractivity contribution < 1.29 is 22.7 Å². The molecular weight excluding hydrogens is 283 g/mol. The third kappa shape index (κ3) is 3.75. The maximum atomic E-state index is 13.1. The topological polar surface area (TPSA) is 38.3 Å². The number of carbonyl (C=O) groups excluding carboxylic acids is 1. The number of hydrogen-bond donors (Lipinski definition) is 1. The van der Waals surface area contributed by atoms with Gasteiger partial charge in [0.1, 0.15) is 23.2 Å². The Morgan fingerprint density at radius 3 is 2.33 bits per heavy atom. The van der Waals surface area contributed by atoms with Crippen molar-refractivity contribution in [3.05, 3.63) is 59.4 Å². The summed E-state index contributed by atoms with van der Waals surface area (Å²) in [6.07, 6.45) is 0. The fourth-order valence-corrected chi connectivity index (χ4v) is 1.75. The zero-order valence-electron chi connectivity index (χ0n) is 11.1. The number of anilines is 1. The van der Waals surface area contributed by atoms with Crippen molar-refractivity contribution in [2.45, 2.75) is 6.92 Å². The molecule has 2 aromatic rings. The minimum absolute atomic E-state index is 0.141. The molecule has 0 saturated carbocycles. The molecule has 0 saturated heterocycles. The molecule has 0 fully saturated rings. The van der Waals surface area contributed by atoms with E-state index in [-0.39, 0.29) is 23.6 Å². The van der Waals surface area contributed by atoms with Crippen LogP contribution in [0.1, 0.15) is 17.3 Å². The highest BCUT2D eigenvalue weighted by molar-refractivity contribution is 6.05. The van der Waals surface area contributed by atoms with Gasteiger partial charge in [-0.05, 0) is 31.2 Å². The number of hydrogen-bond acceptors (Lipinski definition) is 2. The molecule has 21 heavy (non-hydrogen) atoms. The first-order valence-corrected chi connectivity index (χ1v) is 6.19. The number of carbonyl (C=O) groups is 1. The van der Waals surface area contributed by atoms with E-state index in [1.165, 1.54) is 6.07 Å². The van der Waals surface area contributed by atoms with Crippen LogP contribution in [-0.4, -0.2) is 12.5 Å². The molecule has 2 rings (SSSR count). The first kappa shape index (κ1) is 14.9. The van der Waals surface area contributed by atoms with Gasteiger partial charge >= 0.3 is 0 Å². The molecule has 0 aromatic heterocycles. The van der Waals surface area contributed by atoms with Gasteiger partial charge in [0, 0.05) is 17.7 Å². The van der Waals surface area contributed by atoms with E-state index in [9.17, 15) is 18.0 Å². The minimum atomic E-state index is -0.857. The Morgan fingerprint density at radius 2 is 1.71 bits per heavy atom. The highest BCUT2D eigenvalue weighted by Gasteiger charge is 2.13. The van der Waals surface area contributed by atoms with Crippen LogP contribution < -0.4 is 10.1 Å². The molecule has 0 heterocycles. The lowest BCUT2D eigenvalue weighted by Crippen LogP contribution is -2.13.